The van der Waals surface area contributed by atoms with Crippen molar-refractivity contribution in [3.05, 3.63) is 17.5 Å². The SMILES string of the molecule is Cc1nocc1CN1C[C@@H]2CCS(=O)(=O)[C@@H]2C1. The highest BCUT2D eigenvalue weighted by Crippen LogP contribution is 2.34. The number of nitrogens with zero attached hydrogens (tertiary/aromatic N) is 2. The molecule has 1 aromatic heterocycles. The summed E-state index contributed by atoms with van der Waals surface area (Å²) in [4.78, 5) is 2.20. The third-order valence-corrected chi connectivity index (χ3v) is 6.20. The Morgan fingerprint density at radius 1 is 1.53 bits per heavy atom. The molecule has 2 atom stereocenters. The molecule has 0 aliphatic carbocycles. The van der Waals surface area contributed by atoms with E-state index in [0.717, 1.165) is 30.8 Å². The van der Waals surface area contributed by atoms with Crippen molar-refractivity contribution in [1.82, 2.24) is 10.1 Å². The van der Waals surface area contributed by atoms with E-state index >= 15 is 0 Å². The largest absolute Gasteiger partial charge is 0.364 e. The molecule has 0 unspecified atom stereocenters. The first-order valence-electron chi connectivity index (χ1n) is 5.90. The number of fused-ring (bicyclic) bond motifs is 1. The summed E-state index contributed by atoms with van der Waals surface area (Å²) in [5, 5.41) is 3.70. The standard InChI is InChI=1S/C11H16N2O3S/c1-8-10(7-16-12-8)5-13-4-9-2-3-17(14,15)11(9)6-13/h7,9,11H,2-6H2,1H3/t9-,11+/m0/s1. The smallest absolute Gasteiger partial charge is 0.154 e. The Hall–Kier alpha value is -0.880. The molecule has 0 aromatic carbocycles. The second-order valence-electron chi connectivity index (χ2n) is 5.07. The van der Waals surface area contributed by atoms with Crippen LogP contribution in [-0.4, -0.2) is 42.6 Å². The van der Waals surface area contributed by atoms with E-state index < -0.39 is 9.84 Å². The summed E-state index contributed by atoms with van der Waals surface area (Å²) in [6.07, 6.45) is 2.48. The van der Waals surface area contributed by atoms with Crippen LogP contribution in [0.25, 0.3) is 0 Å². The highest BCUT2D eigenvalue weighted by molar-refractivity contribution is 7.92. The summed E-state index contributed by atoms with van der Waals surface area (Å²) >= 11 is 0. The summed E-state index contributed by atoms with van der Waals surface area (Å²) < 4.78 is 28.5. The van der Waals surface area contributed by atoms with Gasteiger partial charge in [-0.3, -0.25) is 4.90 Å². The minimum Gasteiger partial charge on any atom is -0.364 e. The van der Waals surface area contributed by atoms with Crippen molar-refractivity contribution in [3.8, 4) is 0 Å². The predicted octanol–water partition coefficient (Wildman–Crippen LogP) is 0.602. The average molecular weight is 256 g/mol. The fourth-order valence-corrected chi connectivity index (χ4v) is 5.09. The fraction of sp³-hybridized carbons (Fsp3) is 0.727. The Kier molecular flexibility index (Phi) is 2.52. The van der Waals surface area contributed by atoms with Gasteiger partial charge in [-0.05, 0) is 19.3 Å². The maximum absolute atomic E-state index is 11.8. The fourth-order valence-electron chi connectivity index (χ4n) is 2.91. The van der Waals surface area contributed by atoms with Crippen LogP contribution < -0.4 is 0 Å². The molecule has 0 saturated carbocycles. The second kappa shape index (κ2) is 3.81. The molecule has 0 radical (unpaired) electrons. The summed E-state index contributed by atoms with van der Waals surface area (Å²) in [5.74, 6) is 0.711. The van der Waals surface area contributed by atoms with E-state index in [0.29, 0.717) is 18.2 Å². The minimum atomic E-state index is -2.83. The maximum Gasteiger partial charge on any atom is 0.154 e. The lowest BCUT2D eigenvalue weighted by Crippen LogP contribution is -2.26. The number of aryl methyl sites for hydroxylation is 1. The van der Waals surface area contributed by atoms with Crippen LogP contribution in [0.4, 0.5) is 0 Å². The molecule has 1 aromatic rings. The van der Waals surface area contributed by atoms with Gasteiger partial charge in [-0.15, -0.1) is 0 Å². The van der Waals surface area contributed by atoms with Gasteiger partial charge in [0.2, 0.25) is 0 Å². The molecule has 2 fully saturated rings. The van der Waals surface area contributed by atoms with Gasteiger partial charge in [0, 0.05) is 25.2 Å². The van der Waals surface area contributed by atoms with E-state index in [-0.39, 0.29) is 5.25 Å². The third-order valence-electron chi connectivity index (χ3n) is 3.93. The molecule has 0 amide bonds. The predicted molar refractivity (Wildman–Crippen MR) is 62.2 cm³/mol. The number of sulfone groups is 1. The number of likely N-dealkylation sites (tertiary alicyclic amines) is 1. The molecule has 0 bridgehead atoms. The van der Waals surface area contributed by atoms with Crippen LogP contribution >= 0.6 is 0 Å². The zero-order valence-corrected chi connectivity index (χ0v) is 10.6. The second-order valence-corrected chi connectivity index (χ2v) is 7.41. The highest BCUT2D eigenvalue weighted by Gasteiger charge is 2.46. The van der Waals surface area contributed by atoms with Crippen LogP contribution in [0.5, 0.6) is 0 Å². The lowest BCUT2D eigenvalue weighted by molar-refractivity contribution is 0.312. The van der Waals surface area contributed by atoms with Crippen molar-refractivity contribution in [2.45, 2.75) is 25.1 Å². The van der Waals surface area contributed by atoms with Gasteiger partial charge in [0.15, 0.2) is 9.84 Å². The molecule has 17 heavy (non-hydrogen) atoms. The monoisotopic (exact) mass is 256 g/mol. The number of hydrogen-bond donors (Lipinski definition) is 0. The molecule has 0 spiro atoms. The van der Waals surface area contributed by atoms with Crippen LogP contribution in [0.2, 0.25) is 0 Å². The Balaban J connectivity index is 1.72. The Labute approximate surface area is 101 Å². The van der Waals surface area contributed by atoms with Crippen molar-refractivity contribution in [2.75, 3.05) is 18.8 Å². The zero-order valence-electron chi connectivity index (χ0n) is 9.80. The van der Waals surface area contributed by atoms with Gasteiger partial charge in [-0.25, -0.2) is 8.42 Å². The Morgan fingerprint density at radius 2 is 2.35 bits per heavy atom. The van der Waals surface area contributed by atoms with Crippen LogP contribution in [0.3, 0.4) is 0 Å². The van der Waals surface area contributed by atoms with Crippen molar-refractivity contribution in [3.63, 3.8) is 0 Å². The minimum absolute atomic E-state index is 0.136. The van der Waals surface area contributed by atoms with Crippen LogP contribution in [-0.2, 0) is 16.4 Å². The van der Waals surface area contributed by atoms with E-state index in [4.69, 9.17) is 4.52 Å². The van der Waals surface area contributed by atoms with Gasteiger partial charge in [0.25, 0.3) is 0 Å². The van der Waals surface area contributed by atoms with E-state index in [2.05, 4.69) is 10.1 Å². The van der Waals surface area contributed by atoms with Gasteiger partial charge >= 0.3 is 0 Å². The van der Waals surface area contributed by atoms with Gasteiger partial charge in [0.05, 0.1) is 16.7 Å². The Morgan fingerprint density at radius 3 is 3.00 bits per heavy atom. The average Bonchev–Trinajstić information content (AvgIpc) is 2.90. The van der Waals surface area contributed by atoms with E-state index in [9.17, 15) is 8.42 Å². The number of hydrogen-bond acceptors (Lipinski definition) is 5. The lowest BCUT2D eigenvalue weighted by Gasteiger charge is -2.15. The molecular formula is C11H16N2O3S. The highest BCUT2D eigenvalue weighted by atomic mass is 32.2. The third kappa shape index (κ3) is 1.89. The molecule has 2 saturated heterocycles. The van der Waals surface area contributed by atoms with Crippen molar-refractivity contribution in [1.29, 1.82) is 0 Å². The first-order chi connectivity index (χ1) is 8.06. The normalized spacial score (nSPS) is 31.8. The summed E-state index contributed by atoms with van der Waals surface area (Å²) in [5.41, 5.74) is 1.95. The summed E-state index contributed by atoms with van der Waals surface area (Å²) in [7, 11) is -2.83. The van der Waals surface area contributed by atoms with Crippen LogP contribution in [0.15, 0.2) is 10.8 Å². The van der Waals surface area contributed by atoms with Crippen molar-refractivity contribution < 1.29 is 12.9 Å². The lowest BCUT2D eigenvalue weighted by atomic mass is 10.1. The molecule has 94 valence electrons. The Bertz CT molecular complexity index is 523. The molecular weight excluding hydrogens is 240 g/mol. The molecule has 5 nitrogen and oxygen atoms in total. The first-order valence-corrected chi connectivity index (χ1v) is 7.61. The molecule has 6 heteroatoms. The van der Waals surface area contributed by atoms with E-state index in [1.54, 1.807) is 6.26 Å². The van der Waals surface area contributed by atoms with Gasteiger partial charge in [-0.2, -0.15) is 0 Å². The topological polar surface area (TPSA) is 63.4 Å². The van der Waals surface area contributed by atoms with E-state index in [1.165, 1.54) is 0 Å². The number of rotatable bonds is 2. The summed E-state index contributed by atoms with van der Waals surface area (Å²) in [6.45, 7) is 4.20. The molecule has 2 aliphatic heterocycles. The molecule has 3 rings (SSSR count). The van der Waals surface area contributed by atoms with Gasteiger partial charge < -0.3 is 4.52 Å². The molecule has 2 aliphatic rings. The first kappa shape index (κ1) is 11.2. The summed E-state index contributed by atoms with van der Waals surface area (Å²) in [6, 6.07) is 0. The molecule has 3 heterocycles. The van der Waals surface area contributed by atoms with Crippen LogP contribution in [0, 0.1) is 12.8 Å². The molecule has 0 N–H and O–H groups in total. The van der Waals surface area contributed by atoms with Crippen molar-refractivity contribution in [2.24, 2.45) is 5.92 Å². The van der Waals surface area contributed by atoms with E-state index in [1.807, 2.05) is 6.92 Å². The number of aromatic nitrogens is 1. The van der Waals surface area contributed by atoms with Gasteiger partial charge in [0.1, 0.15) is 6.26 Å². The quantitative estimate of drug-likeness (QED) is 0.775. The van der Waals surface area contributed by atoms with Crippen LogP contribution in [0.1, 0.15) is 17.7 Å². The maximum atomic E-state index is 11.8. The van der Waals surface area contributed by atoms with Crippen molar-refractivity contribution >= 4 is 9.84 Å². The zero-order chi connectivity index (χ0) is 12.0. The van der Waals surface area contributed by atoms with Gasteiger partial charge in [-0.1, -0.05) is 5.16 Å².